The summed E-state index contributed by atoms with van der Waals surface area (Å²) in [7, 11) is 0. The number of anilines is 2. The Morgan fingerprint density at radius 1 is 0.935 bits per heavy atom. The number of pyridine rings is 1. The van der Waals surface area contributed by atoms with Crippen LogP contribution in [0.1, 0.15) is 23.2 Å². The number of oxazole rings is 1. The van der Waals surface area contributed by atoms with Gasteiger partial charge >= 0.3 is 5.76 Å². The largest absolute Gasteiger partial charge is 0.419 e. The fourth-order valence-electron chi connectivity index (χ4n) is 3.23. The first kappa shape index (κ1) is 20.1. The molecule has 2 aromatic heterocycles. The van der Waals surface area contributed by atoms with E-state index >= 15 is 0 Å². The lowest BCUT2D eigenvalue weighted by Gasteiger charge is -2.09. The van der Waals surface area contributed by atoms with E-state index in [0.29, 0.717) is 41.0 Å². The number of hydrogen-bond donors (Lipinski definition) is 2. The summed E-state index contributed by atoms with van der Waals surface area (Å²) >= 11 is 0. The minimum Gasteiger partial charge on any atom is -0.408 e. The maximum Gasteiger partial charge on any atom is 0.419 e. The fraction of sp³-hybridized carbons (Fsp3) is 0.130. The van der Waals surface area contributed by atoms with Crippen molar-refractivity contribution in [1.29, 1.82) is 0 Å². The summed E-state index contributed by atoms with van der Waals surface area (Å²) in [5, 5.41) is 5.61. The summed E-state index contributed by atoms with van der Waals surface area (Å²) in [6.07, 6.45) is 3.81. The van der Waals surface area contributed by atoms with Gasteiger partial charge < -0.3 is 15.1 Å². The first-order chi connectivity index (χ1) is 15.1. The number of nitrogens with zero attached hydrogens (tertiary/aromatic N) is 2. The van der Waals surface area contributed by atoms with Crippen LogP contribution in [0.3, 0.4) is 0 Å². The fourth-order valence-corrected chi connectivity index (χ4v) is 3.23. The number of aryl methyl sites for hydroxylation is 1. The molecule has 0 aliphatic rings. The molecule has 0 bridgehead atoms. The molecule has 156 valence electrons. The summed E-state index contributed by atoms with van der Waals surface area (Å²) in [6, 6.07) is 17.3. The van der Waals surface area contributed by atoms with Crippen molar-refractivity contribution in [3.8, 4) is 0 Å². The Morgan fingerprint density at radius 2 is 1.68 bits per heavy atom. The van der Waals surface area contributed by atoms with E-state index in [4.69, 9.17) is 4.42 Å². The zero-order valence-electron chi connectivity index (χ0n) is 16.6. The lowest BCUT2D eigenvalue weighted by molar-refractivity contribution is -0.116. The molecule has 0 aliphatic heterocycles. The maximum absolute atomic E-state index is 12.3. The van der Waals surface area contributed by atoms with E-state index in [9.17, 15) is 14.4 Å². The Morgan fingerprint density at radius 3 is 2.48 bits per heavy atom. The molecule has 0 atom stereocenters. The molecule has 2 N–H and O–H groups in total. The molecule has 4 rings (SSSR count). The van der Waals surface area contributed by atoms with E-state index in [2.05, 4.69) is 15.6 Å². The zero-order valence-corrected chi connectivity index (χ0v) is 16.6. The van der Waals surface area contributed by atoms with Crippen molar-refractivity contribution in [1.82, 2.24) is 9.55 Å². The quantitative estimate of drug-likeness (QED) is 0.478. The Kier molecular flexibility index (Phi) is 5.89. The molecule has 31 heavy (non-hydrogen) atoms. The van der Waals surface area contributed by atoms with Gasteiger partial charge in [-0.3, -0.25) is 19.1 Å². The minimum atomic E-state index is -0.431. The molecule has 0 saturated carbocycles. The predicted molar refractivity (Wildman–Crippen MR) is 117 cm³/mol. The number of fused-ring (bicyclic) bond motifs is 1. The highest BCUT2D eigenvalue weighted by molar-refractivity contribution is 6.04. The maximum atomic E-state index is 12.3. The van der Waals surface area contributed by atoms with E-state index in [1.165, 1.54) is 4.57 Å². The lowest BCUT2D eigenvalue weighted by atomic mass is 10.2. The normalized spacial score (nSPS) is 10.7. The van der Waals surface area contributed by atoms with E-state index in [0.717, 1.165) is 0 Å². The predicted octanol–water partition coefficient (Wildman–Crippen LogP) is 3.66. The SMILES string of the molecule is O=C(CCCn1c(=O)oc2ccccc21)Nc1cccc(NC(=O)c2ccncc2)c1. The van der Waals surface area contributed by atoms with Gasteiger partial charge in [0.05, 0.1) is 5.52 Å². The highest BCUT2D eigenvalue weighted by atomic mass is 16.4. The number of hydrogen-bond acceptors (Lipinski definition) is 5. The Labute approximate surface area is 177 Å². The topological polar surface area (TPSA) is 106 Å². The van der Waals surface area contributed by atoms with Crippen molar-refractivity contribution < 1.29 is 14.0 Å². The Hall–Kier alpha value is -4.20. The minimum absolute atomic E-state index is 0.182. The highest BCUT2D eigenvalue weighted by Crippen LogP contribution is 2.17. The summed E-state index contributed by atoms with van der Waals surface area (Å²) in [5.74, 6) is -0.874. The smallest absolute Gasteiger partial charge is 0.408 e. The number of aromatic nitrogens is 2. The number of carbonyl (C=O) groups is 2. The van der Waals surface area contributed by atoms with Gasteiger partial charge in [-0.1, -0.05) is 18.2 Å². The van der Waals surface area contributed by atoms with E-state index in [1.807, 2.05) is 12.1 Å². The molecule has 4 aromatic rings. The van der Waals surface area contributed by atoms with Crippen LogP contribution in [0, 0.1) is 0 Å². The summed E-state index contributed by atoms with van der Waals surface area (Å²) in [4.78, 5) is 40.5. The molecule has 0 aliphatic carbocycles. The van der Waals surface area contributed by atoms with Gasteiger partial charge in [0.15, 0.2) is 5.58 Å². The van der Waals surface area contributed by atoms with Crippen molar-refractivity contribution in [3.63, 3.8) is 0 Å². The van der Waals surface area contributed by atoms with E-state index in [1.54, 1.807) is 60.9 Å². The second-order valence-electron chi connectivity index (χ2n) is 6.91. The van der Waals surface area contributed by atoms with Crippen LogP contribution in [0.5, 0.6) is 0 Å². The van der Waals surface area contributed by atoms with Crippen LogP contribution in [-0.2, 0) is 11.3 Å². The average Bonchev–Trinajstić information content (AvgIpc) is 3.10. The highest BCUT2D eigenvalue weighted by Gasteiger charge is 2.10. The third-order valence-corrected chi connectivity index (χ3v) is 4.71. The molecule has 0 fully saturated rings. The van der Waals surface area contributed by atoms with Gasteiger partial charge in [-0.05, 0) is 48.9 Å². The standard InChI is InChI=1S/C23H20N4O4/c28-21(9-4-14-27-19-7-1-2-8-20(19)31-23(27)30)25-17-5-3-6-18(15-17)26-22(29)16-10-12-24-13-11-16/h1-3,5-8,10-13,15H,4,9,14H2,(H,25,28)(H,26,29). The molecule has 8 heteroatoms. The molecule has 0 radical (unpaired) electrons. The second kappa shape index (κ2) is 9.08. The number of para-hydroxylation sites is 2. The van der Waals surface area contributed by atoms with Gasteiger partial charge in [0.1, 0.15) is 0 Å². The van der Waals surface area contributed by atoms with Crippen LogP contribution in [0.15, 0.2) is 82.3 Å². The van der Waals surface area contributed by atoms with Crippen molar-refractivity contribution in [3.05, 3.63) is 89.2 Å². The lowest BCUT2D eigenvalue weighted by Crippen LogP contribution is -2.17. The molecule has 0 saturated heterocycles. The van der Waals surface area contributed by atoms with Crippen LogP contribution in [-0.4, -0.2) is 21.4 Å². The Bertz CT molecular complexity index is 1280. The number of carbonyl (C=O) groups excluding carboxylic acids is 2. The number of amides is 2. The average molecular weight is 416 g/mol. The molecular formula is C23H20N4O4. The van der Waals surface area contributed by atoms with Crippen LogP contribution >= 0.6 is 0 Å². The Balaban J connectivity index is 1.32. The molecule has 2 amide bonds. The van der Waals surface area contributed by atoms with E-state index in [-0.39, 0.29) is 18.2 Å². The number of rotatable bonds is 7. The monoisotopic (exact) mass is 416 g/mol. The summed E-state index contributed by atoms with van der Waals surface area (Å²) in [6.45, 7) is 0.380. The third-order valence-electron chi connectivity index (χ3n) is 4.71. The van der Waals surface area contributed by atoms with Gasteiger partial charge in [0, 0.05) is 42.3 Å². The van der Waals surface area contributed by atoms with E-state index < -0.39 is 5.76 Å². The van der Waals surface area contributed by atoms with Gasteiger partial charge in [0.2, 0.25) is 5.91 Å². The van der Waals surface area contributed by atoms with Gasteiger partial charge in [-0.2, -0.15) is 0 Å². The van der Waals surface area contributed by atoms with Crippen LogP contribution in [0.4, 0.5) is 11.4 Å². The van der Waals surface area contributed by atoms with Crippen molar-refractivity contribution in [2.45, 2.75) is 19.4 Å². The molecule has 2 aromatic carbocycles. The summed E-state index contributed by atoms with van der Waals surface area (Å²) < 4.78 is 6.72. The van der Waals surface area contributed by atoms with Gasteiger partial charge in [-0.15, -0.1) is 0 Å². The zero-order chi connectivity index (χ0) is 21.6. The first-order valence-corrected chi connectivity index (χ1v) is 9.80. The third kappa shape index (κ3) is 4.87. The molecular weight excluding hydrogens is 396 g/mol. The second-order valence-corrected chi connectivity index (χ2v) is 6.91. The summed E-state index contributed by atoms with van der Waals surface area (Å²) in [5.41, 5.74) is 2.87. The van der Waals surface area contributed by atoms with Crippen LogP contribution in [0.25, 0.3) is 11.1 Å². The number of nitrogens with one attached hydrogen (secondary N) is 2. The molecule has 0 unspecified atom stereocenters. The number of benzene rings is 2. The molecule has 8 nitrogen and oxygen atoms in total. The first-order valence-electron chi connectivity index (χ1n) is 9.80. The van der Waals surface area contributed by atoms with Gasteiger partial charge in [-0.25, -0.2) is 4.79 Å². The van der Waals surface area contributed by atoms with Crippen molar-refractivity contribution in [2.75, 3.05) is 10.6 Å². The van der Waals surface area contributed by atoms with Crippen LogP contribution in [0.2, 0.25) is 0 Å². The van der Waals surface area contributed by atoms with Crippen LogP contribution < -0.4 is 16.4 Å². The van der Waals surface area contributed by atoms with Gasteiger partial charge in [0.25, 0.3) is 5.91 Å². The molecule has 2 heterocycles. The van der Waals surface area contributed by atoms with Crippen molar-refractivity contribution >= 4 is 34.3 Å². The van der Waals surface area contributed by atoms with Crippen molar-refractivity contribution in [2.24, 2.45) is 0 Å². The molecule has 0 spiro atoms.